The van der Waals surface area contributed by atoms with Crippen LogP contribution in [0.15, 0.2) is 36.4 Å². The highest BCUT2D eigenvalue weighted by molar-refractivity contribution is 6.30. The molecule has 1 fully saturated rings. The highest BCUT2D eigenvalue weighted by atomic mass is 35.5. The van der Waals surface area contributed by atoms with Crippen molar-refractivity contribution in [1.82, 2.24) is 0 Å². The second-order valence-electron chi connectivity index (χ2n) is 6.33. The lowest BCUT2D eigenvalue weighted by Gasteiger charge is -2.37. The van der Waals surface area contributed by atoms with E-state index in [4.69, 9.17) is 11.6 Å². The minimum atomic E-state index is 0.589. The minimum Gasteiger partial charge on any atom is -0.382 e. The number of hydrogen-bond donors (Lipinski definition) is 1. The second kappa shape index (κ2) is 5.73. The molecule has 1 aliphatic rings. The molecule has 2 heteroatoms. The van der Waals surface area contributed by atoms with E-state index >= 15 is 0 Å². The van der Waals surface area contributed by atoms with Crippen molar-refractivity contribution in [1.29, 1.82) is 0 Å². The molecule has 21 heavy (non-hydrogen) atoms. The summed E-state index contributed by atoms with van der Waals surface area (Å²) in [5, 5.41) is 4.55. The smallest absolute Gasteiger partial charge is 0.0406 e. The fourth-order valence-corrected chi connectivity index (χ4v) is 3.48. The molecule has 0 bridgehead atoms. The fourth-order valence-electron chi connectivity index (χ4n) is 3.35. The third-order valence-electron chi connectivity index (χ3n) is 4.50. The average Bonchev–Trinajstić information content (AvgIpc) is 2.37. The van der Waals surface area contributed by atoms with Gasteiger partial charge in [0.05, 0.1) is 0 Å². The summed E-state index contributed by atoms with van der Waals surface area (Å²) < 4.78 is 0. The monoisotopic (exact) mass is 299 g/mol. The Hall–Kier alpha value is -1.47. The number of hydrogen-bond acceptors (Lipinski definition) is 1. The van der Waals surface area contributed by atoms with Crippen molar-refractivity contribution < 1.29 is 0 Å². The average molecular weight is 300 g/mol. The molecule has 2 aromatic carbocycles. The van der Waals surface area contributed by atoms with Gasteiger partial charge < -0.3 is 5.32 Å². The Balaban J connectivity index is 1.64. The molecular formula is C19H22ClN. The molecule has 0 amide bonds. The molecule has 0 radical (unpaired) electrons. The standard InChI is InChI=1S/C19H22ClN/c1-12-8-13(2)19(14(3)9-12)21-18-10-16(11-18)15-4-6-17(20)7-5-15/h4-9,16,18,21H,10-11H2,1-3H3. The van der Waals surface area contributed by atoms with Gasteiger partial charge in [-0.1, -0.05) is 41.4 Å². The van der Waals surface area contributed by atoms with Crippen LogP contribution in [-0.4, -0.2) is 6.04 Å². The zero-order valence-electron chi connectivity index (χ0n) is 12.9. The lowest BCUT2D eigenvalue weighted by molar-refractivity contribution is 0.374. The van der Waals surface area contributed by atoms with E-state index in [1.807, 2.05) is 12.1 Å². The number of rotatable bonds is 3. The molecule has 2 aromatic rings. The summed E-state index contributed by atoms with van der Waals surface area (Å²) in [6, 6.07) is 13.4. The van der Waals surface area contributed by atoms with E-state index in [0.29, 0.717) is 12.0 Å². The van der Waals surface area contributed by atoms with Gasteiger partial charge in [0, 0.05) is 16.8 Å². The first-order valence-electron chi connectivity index (χ1n) is 7.63. The first-order chi connectivity index (χ1) is 10.0. The Morgan fingerprint density at radius 3 is 2.10 bits per heavy atom. The first-order valence-corrected chi connectivity index (χ1v) is 8.00. The maximum absolute atomic E-state index is 5.95. The van der Waals surface area contributed by atoms with Gasteiger partial charge in [-0.15, -0.1) is 0 Å². The Morgan fingerprint density at radius 2 is 1.52 bits per heavy atom. The maximum Gasteiger partial charge on any atom is 0.0406 e. The van der Waals surface area contributed by atoms with Crippen molar-refractivity contribution in [3.8, 4) is 0 Å². The molecule has 0 aromatic heterocycles. The van der Waals surface area contributed by atoms with Crippen LogP contribution in [0.1, 0.15) is 41.0 Å². The van der Waals surface area contributed by atoms with E-state index in [2.05, 4.69) is 50.4 Å². The third kappa shape index (κ3) is 3.08. The molecule has 0 aliphatic heterocycles. The van der Waals surface area contributed by atoms with E-state index in [1.54, 1.807) is 0 Å². The normalized spacial score (nSPS) is 21.0. The largest absolute Gasteiger partial charge is 0.382 e. The van der Waals surface area contributed by atoms with Gasteiger partial charge in [-0.25, -0.2) is 0 Å². The summed E-state index contributed by atoms with van der Waals surface area (Å²) in [4.78, 5) is 0. The molecule has 1 nitrogen and oxygen atoms in total. The topological polar surface area (TPSA) is 12.0 Å². The van der Waals surface area contributed by atoms with Gasteiger partial charge in [0.1, 0.15) is 0 Å². The Labute approximate surface area is 132 Å². The number of benzene rings is 2. The highest BCUT2D eigenvalue weighted by Gasteiger charge is 2.30. The molecule has 0 atom stereocenters. The van der Waals surface area contributed by atoms with E-state index in [0.717, 1.165) is 5.02 Å². The summed E-state index contributed by atoms with van der Waals surface area (Å²) in [5.41, 5.74) is 6.77. The van der Waals surface area contributed by atoms with Crippen molar-refractivity contribution in [3.63, 3.8) is 0 Å². The molecule has 0 unspecified atom stereocenters. The van der Waals surface area contributed by atoms with Crippen molar-refractivity contribution >= 4 is 17.3 Å². The molecule has 1 N–H and O–H groups in total. The van der Waals surface area contributed by atoms with Crippen LogP contribution in [0, 0.1) is 20.8 Å². The first kappa shape index (κ1) is 14.5. The van der Waals surface area contributed by atoms with Gasteiger partial charge in [-0.05, 0) is 68.4 Å². The molecule has 0 heterocycles. The van der Waals surface area contributed by atoms with E-state index in [9.17, 15) is 0 Å². The summed E-state index contributed by atoms with van der Waals surface area (Å²) in [6.45, 7) is 6.54. The predicted octanol–water partition coefficient (Wildman–Crippen LogP) is 5.62. The lowest BCUT2D eigenvalue weighted by Crippen LogP contribution is -2.34. The van der Waals surface area contributed by atoms with Gasteiger partial charge in [-0.3, -0.25) is 0 Å². The molecule has 110 valence electrons. The van der Waals surface area contributed by atoms with Crippen LogP contribution in [-0.2, 0) is 0 Å². The Kier molecular flexibility index (Phi) is 3.95. The SMILES string of the molecule is Cc1cc(C)c(NC2CC(c3ccc(Cl)cc3)C2)c(C)c1. The van der Waals surface area contributed by atoms with Gasteiger partial charge in [0.15, 0.2) is 0 Å². The number of anilines is 1. The molecular weight excluding hydrogens is 278 g/mol. The zero-order chi connectivity index (χ0) is 15.0. The van der Waals surface area contributed by atoms with Gasteiger partial charge >= 0.3 is 0 Å². The number of aryl methyl sites for hydroxylation is 3. The van der Waals surface area contributed by atoms with Gasteiger partial charge in [-0.2, -0.15) is 0 Å². The Bertz CT molecular complexity index is 616. The van der Waals surface area contributed by atoms with Crippen molar-refractivity contribution in [2.75, 3.05) is 5.32 Å². The van der Waals surface area contributed by atoms with Crippen LogP contribution >= 0.6 is 11.6 Å². The van der Waals surface area contributed by atoms with Gasteiger partial charge in [0.2, 0.25) is 0 Å². The summed E-state index contributed by atoms with van der Waals surface area (Å²) in [5.74, 6) is 0.672. The number of halogens is 1. The zero-order valence-corrected chi connectivity index (χ0v) is 13.7. The summed E-state index contributed by atoms with van der Waals surface area (Å²) >= 11 is 5.95. The van der Waals surface area contributed by atoms with Crippen LogP contribution in [0.2, 0.25) is 5.02 Å². The molecule has 1 saturated carbocycles. The molecule has 0 saturated heterocycles. The fraction of sp³-hybridized carbons (Fsp3) is 0.368. The number of nitrogens with one attached hydrogen (secondary N) is 1. The van der Waals surface area contributed by atoms with Crippen LogP contribution < -0.4 is 5.32 Å². The van der Waals surface area contributed by atoms with E-state index < -0.39 is 0 Å². The van der Waals surface area contributed by atoms with E-state index in [1.165, 1.54) is 40.8 Å². The predicted molar refractivity (Wildman–Crippen MR) is 91.5 cm³/mol. The Morgan fingerprint density at radius 1 is 0.952 bits per heavy atom. The van der Waals surface area contributed by atoms with Crippen LogP contribution in [0.25, 0.3) is 0 Å². The van der Waals surface area contributed by atoms with Crippen molar-refractivity contribution in [2.24, 2.45) is 0 Å². The molecule has 0 spiro atoms. The molecule has 3 rings (SSSR count). The lowest BCUT2D eigenvalue weighted by atomic mass is 9.75. The van der Waals surface area contributed by atoms with Crippen LogP contribution in [0.4, 0.5) is 5.69 Å². The minimum absolute atomic E-state index is 0.589. The quantitative estimate of drug-likeness (QED) is 0.775. The van der Waals surface area contributed by atoms with Crippen molar-refractivity contribution in [3.05, 3.63) is 63.7 Å². The third-order valence-corrected chi connectivity index (χ3v) is 4.76. The molecule has 1 aliphatic carbocycles. The van der Waals surface area contributed by atoms with Crippen molar-refractivity contribution in [2.45, 2.75) is 45.6 Å². The summed E-state index contributed by atoms with van der Waals surface area (Å²) in [7, 11) is 0. The highest BCUT2D eigenvalue weighted by Crippen LogP contribution is 2.39. The van der Waals surface area contributed by atoms with E-state index in [-0.39, 0.29) is 0 Å². The van der Waals surface area contributed by atoms with Crippen LogP contribution in [0.5, 0.6) is 0 Å². The summed E-state index contributed by atoms with van der Waals surface area (Å²) in [6.07, 6.45) is 2.41. The second-order valence-corrected chi connectivity index (χ2v) is 6.77. The van der Waals surface area contributed by atoms with Gasteiger partial charge in [0.25, 0.3) is 0 Å². The maximum atomic E-state index is 5.95. The van der Waals surface area contributed by atoms with Crippen LogP contribution in [0.3, 0.4) is 0 Å².